The van der Waals surface area contributed by atoms with Crippen molar-refractivity contribution in [3.63, 3.8) is 0 Å². The predicted octanol–water partition coefficient (Wildman–Crippen LogP) is 4.17. The van der Waals surface area contributed by atoms with Crippen LogP contribution in [0.2, 0.25) is 0 Å². The van der Waals surface area contributed by atoms with Gasteiger partial charge in [-0.05, 0) is 62.1 Å². The molecule has 3 fully saturated rings. The summed E-state index contributed by atoms with van der Waals surface area (Å²) in [5.74, 6) is -0.607. The highest BCUT2D eigenvalue weighted by molar-refractivity contribution is 5.85. The van der Waals surface area contributed by atoms with Gasteiger partial charge in [-0.15, -0.1) is 0 Å². The number of piperidine rings is 1. The lowest BCUT2D eigenvalue weighted by Crippen LogP contribution is -2.47. The molecule has 2 aromatic heterocycles. The Hall–Kier alpha value is -2.95. The average Bonchev–Trinajstić information content (AvgIpc) is 3.62. The minimum absolute atomic E-state index is 0.0576. The van der Waals surface area contributed by atoms with Crippen LogP contribution >= 0.6 is 0 Å². The maximum Gasteiger partial charge on any atom is 0.417 e. The van der Waals surface area contributed by atoms with Crippen LogP contribution in [0, 0.1) is 11.3 Å². The van der Waals surface area contributed by atoms with Gasteiger partial charge >= 0.3 is 12.1 Å². The number of carboxylic acid groups (broad SMARTS) is 1. The number of likely N-dealkylation sites (tertiary alicyclic amines) is 1. The lowest BCUT2D eigenvalue weighted by molar-refractivity contribution is -0.144. The summed E-state index contributed by atoms with van der Waals surface area (Å²) in [5.41, 5.74) is 0.0317. The molecule has 3 atom stereocenters. The summed E-state index contributed by atoms with van der Waals surface area (Å²) in [4.78, 5) is 33.5. The van der Waals surface area contributed by atoms with Crippen molar-refractivity contribution in [2.75, 3.05) is 19.6 Å². The van der Waals surface area contributed by atoms with E-state index in [2.05, 4.69) is 15.0 Å². The summed E-state index contributed by atoms with van der Waals surface area (Å²) in [5, 5.41) is 13.4. The number of halogens is 3. The van der Waals surface area contributed by atoms with E-state index in [0.29, 0.717) is 36.2 Å². The molecule has 0 radical (unpaired) electrons. The van der Waals surface area contributed by atoms with Gasteiger partial charge in [-0.1, -0.05) is 6.42 Å². The van der Waals surface area contributed by atoms with Crippen molar-refractivity contribution < 1.29 is 27.9 Å². The van der Waals surface area contributed by atoms with Gasteiger partial charge in [0, 0.05) is 56.7 Å². The van der Waals surface area contributed by atoms with Crippen LogP contribution < -0.4 is 0 Å². The zero-order valence-corrected chi connectivity index (χ0v) is 21.2. The van der Waals surface area contributed by atoms with Crippen LogP contribution in [0.15, 0.2) is 24.5 Å². The van der Waals surface area contributed by atoms with E-state index < -0.39 is 23.1 Å². The lowest BCUT2D eigenvalue weighted by Gasteiger charge is -2.39. The van der Waals surface area contributed by atoms with Crippen molar-refractivity contribution in [3.8, 4) is 0 Å². The van der Waals surface area contributed by atoms with Gasteiger partial charge < -0.3 is 14.9 Å². The lowest BCUT2D eigenvalue weighted by atomic mass is 9.78. The van der Waals surface area contributed by atoms with Crippen LogP contribution in [0.1, 0.15) is 78.3 Å². The number of hydrogen-bond acceptors (Lipinski definition) is 5. The monoisotopic (exact) mass is 531 g/mol. The van der Waals surface area contributed by atoms with E-state index in [9.17, 15) is 22.8 Å². The molecule has 2 aromatic rings. The number of alkyl halides is 3. The fourth-order valence-electron chi connectivity index (χ4n) is 7.48. The Morgan fingerprint density at radius 1 is 1.11 bits per heavy atom. The first-order valence-corrected chi connectivity index (χ1v) is 13.5. The third kappa shape index (κ3) is 4.38. The molecule has 1 N–H and O–H groups in total. The molecule has 0 spiro atoms. The number of fused-ring (bicyclic) bond motifs is 2. The number of carbonyl (C=O) groups is 2. The van der Waals surface area contributed by atoms with Crippen molar-refractivity contribution in [2.24, 2.45) is 11.3 Å². The molecule has 6 rings (SSSR count). The van der Waals surface area contributed by atoms with Crippen LogP contribution in [0.25, 0.3) is 0 Å². The Morgan fingerprint density at radius 3 is 2.61 bits per heavy atom. The second-order valence-corrected chi connectivity index (χ2v) is 11.4. The normalized spacial score (nSPS) is 28.3. The van der Waals surface area contributed by atoms with E-state index in [1.807, 2.05) is 0 Å². The molecule has 1 amide bonds. The molecule has 2 saturated carbocycles. The van der Waals surface area contributed by atoms with E-state index in [-0.39, 0.29) is 24.2 Å². The summed E-state index contributed by atoms with van der Waals surface area (Å²) in [6.45, 7) is 2.43. The van der Waals surface area contributed by atoms with Crippen LogP contribution in [0.4, 0.5) is 13.2 Å². The van der Waals surface area contributed by atoms with E-state index in [1.54, 1.807) is 15.8 Å². The number of amides is 1. The molecule has 1 saturated heterocycles. The topological polar surface area (TPSA) is 91.6 Å². The van der Waals surface area contributed by atoms with Gasteiger partial charge in [0.15, 0.2) is 5.69 Å². The Balaban J connectivity index is 1.13. The first kappa shape index (κ1) is 25.3. The fourth-order valence-corrected chi connectivity index (χ4v) is 7.48. The number of pyridine rings is 1. The largest absolute Gasteiger partial charge is 0.476 e. The van der Waals surface area contributed by atoms with E-state index >= 15 is 0 Å². The minimum Gasteiger partial charge on any atom is -0.476 e. The van der Waals surface area contributed by atoms with Crippen molar-refractivity contribution in [2.45, 2.75) is 76.2 Å². The van der Waals surface area contributed by atoms with Crippen LogP contribution in [-0.2, 0) is 23.9 Å². The maximum atomic E-state index is 14.0. The highest BCUT2D eigenvalue weighted by Crippen LogP contribution is 2.57. The average molecular weight is 532 g/mol. The minimum atomic E-state index is -4.45. The molecule has 38 heavy (non-hydrogen) atoms. The molecular formula is C27H32F3N5O3. The number of carboxylic acids is 1. The molecule has 0 unspecified atom stereocenters. The number of aromatic carboxylic acids is 1. The Bertz CT molecular complexity index is 1240. The highest BCUT2D eigenvalue weighted by atomic mass is 19.4. The molecule has 0 aromatic carbocycles. The fraction of sp³-hybridized carbons (Fsp3) is 0.630. The van der Waals surface area contributed by atoms with Gasteiger partial charge in [-0.25, -0.2) is 4.79 Å². The van der Waals surface area contributed by atoms with E-state index in [4.69, 9.17) is 5.11 Å². The van der Waals surface area contributed by atoms with Gasteiger partial charge in [0.2, 0.25) is 5.91 Å². The summed E-state index contributed by atoms with van der Waals surface area (Å²) < 4.78 is 41.5. The first-order valence-electron chi connectivity index (χ1n) is 13.5. The molecule has 2 aliphatic carbocycles. The molecule has 4 heterocycles. The SMILES string of the molecule is O=C(O)c1ccn(C2CCN([C@H]3C[C@H]4CCC[C@@]4(C(=O)N4CCc5ncc(C(F)(F)F)cc5C4)C3)CC2)n1. The number of hydrogen-bond donors (Lipinski definition) is 1. The zero-order chi connectivity index (χ0) is 26.7. The Labute approximate surface area is 218 Å². The van der Waals surface area contributed by atoms with Crippen molar-refractivity contribution >= 4 is 11.9 Å². The Kier molecular flexibility index (Phi) is 6.24. The van der Waals surface area contributed by atoms with E-state index in [1.165, 1.54) is 6.07 Å². The standard InChI is InChI=1S/C27H32F3N5O3/c28-27(29,30)19-12-17-16-34(10-5-22(17)31-15-19)25(38)26-7-1-2-18(26)13-21(14-26)33-8-3-20(4-9-33)35-11-6-23(32-35)24(36)37/h6,11-12,15,18,20-21H,1-5,7-10,13-14,16H2,(H,36,37)/t18-,21+,26-/m1/s1. The van der Waals surface area contributed by atoms with Crippen LogP contribution in [0.3, 0.4) is 0 Å². The van der Waals surface area contributed by atoms with Gasteiger partial charge in [-0.2, -0.15) is 18.3 Å². The molecule has 4 aliphatic rings. The predicted molar refractivity (Wildman–Crippen MR) is 130 cm³/mol. The summed E-state index contributed by atoms with van der Waals surface area (Å²) in [7, 11) is 0. The second kappa shape index (κ2) is 9.36. The Morgan fingerprint density at radius 2 is 1.89 bits per heavy atom. The number of rotatable bonds is 4. The van der Waals surface area contributed by atoms with E-state index in [0.717, 1.165) is 70.3 Å². The molecule has 2 aliphatic heterocycles. The second-order valence-electron chi connectivity index (χ2n) is 11.4. The first-order chi connectivity index (χ1) is 18.1. The smallest absolute Gasteiger partial charge is 0.417 e. The number of carbonyl (C=O) groups excluding carboxylic acids is 1. The summed E-state index contributed by atoms with van der Waals surface area (Å²) in [6, 6.07) is 3.17. The molecule has 0 bridgehead atoms. The summed E-state index contributed by atoms with van der Waals surface area (Å²) >= 11 is 0. The molecule has 11 heteroatoms. The van der Waals surface area contributed by atoms with Crippen LogP contribution in [0.5, 0.6) is 0 Å². The molecular weight excluding hydrogens is 499 g/mol. The molecule has 204 valence electrons. The van der Waals surface area contributed by atoms with Crippen molar-refractivity contribution in [1.29, 1.82) is 0 Å². The summed E-state index contributed by atoms with van der Waals surface area (Å²) in [6.07, 6.45) is 5.07. The maximum absolute atomic E-state index is 14.0. The number of nitrogens with zero attached hydrogens (tertiary/aromatic N) is 5. The third-order valence-corrected chi connectivity index (χ3v) is 9.41. The van der Waals surface area contributed by atoms with Gasteiger partial charge in [0.05, 0.1) is 17.0 Å². The van der Waals surface area contributed by atoms with Gasteiger partial charge in [0.1, 0.15) is 0 Å². The van der Waals surface area contributed by atoms with Crippen LogP contribution in [-0.4, -0.2) is 67.2 Å². The van der Waals surface area contributed by atoms with Gasteiger partial charge in [-0.3, -0.25) is 14.5 Å². The van der Waals surface area contributed by atoms with Crippen molar-refractivity contribution in [3.05, 3.63) is 47.0 Å². The quantitative estimate of drug-likeness (QED) is 0.637. The van der Waals surface area contributed by atoms with Crippen molar-refractivity contribution in [1.82, 2.24) is 24.6 Å². The number of aromatic nitrogens is 3. The van der Waals surface area contributed by atoms with Gasteiger partial charge in [0.25, 0.3) is 0 Å². The molecule has 8 nitrogen and oxygen atoms in total. The third-order valence-electron chi connectivity index (χ3n) is 9.41. The highest BCUT2D eigenvalue weighted by Gasteiger charge is 2.57. The zero-order valence-electron chi connectivity index (χ0n) is 21.2.